The molecule has 6 heteroatoms. The van der Waals surface area contributed by atoms with Gasteiger partial charge in [0.1, 0.15) is 11.4 Å². The third kappa shape index (κ3) is 4.65. The standard InChI is InChI=1S/C22H24N4O2/c1-4-28-21-8-6-5-7-18(21)19-13-20(25-24-19)22(27)26-23-14-16-9-11-17(12-10-16)15(2)3/h5-15H,4H2,1-3H3,(H,24,25)(H,26,27)/b23-14+. The zero-order valence-corrected chi connectivity index (χ0v) is 16.3. The Morgan fingerprint density at radius 1 is 1.21 bits per heavy atom. The number of nitrogens with one attached hydrogen (secondary N) is 2. The summed E-state index contributed by atoms with van der Waals surface area (Å²) >= 11 is 0. The average Bonchev–Trinajstić information content (AvgIpc) is 3.19. The Balaban J connectivity index is 1.66. The number of rotatable bonds is 7. The number of hydrazone groups is 1. The summed E-state index contributed by atoms with van der Waals surface area (Å²) in [5, 5.41) is 11.0. The molecule has 0 aliphatic heterocycles. The Morgan fingerprint density at radius 3 is 2.68 bits per heavy atom. The highest BCUT2D eigenvalue weighted by Crippen LogP contribution is 2.28. The summed E-state index contributed by atoms with van der Waals surface area (Å²) in [5.74, 6) is 0.849. The molecule has 0 saturated heterocycles. The fourth-order valence-electron chi connectivity index (χ4n) is 2.73. The molecule has 2 aromatic carbocycles. The van der Waals surface area contributed by atoms with Crippen molar-refractivity contribution in [1.29, 1.82) is 0 Å². The molecule has 0 fully saturated rings. The largest absolute Gasteiger partial charge is 0.493 e. The minimum Gasteiger partial charge on any atom is -0.493 e. The maximum absolute atomic E-state index is 12.3. The number of ether oxygens (including phenoxy) is 1. The molecule has 0 aliphatic rings. The zero-order chi connectivity index (χ0) is 19.9. The smallest absolute Gasteiger partial charge is 0.289 e. The van der Waals surface area contributed by atoms with Gasteiger partial charge in [-0.05, 0) is 42.2 Å². The average molecular weight is 376 g/mol. The van der Waals surface area contributed by atoms with Crippen molar-refractivity contribution in [3.8, 4) is 17.0 Å². The minimum absolute atomic E-state index is 0.327. The van der Waals surface area contributed by atoms with Gasteiger partial charge in [-0.1, -0.05) is 50.2 Å². The van der Waals surface area contributed by atoms with Crippen molar-refractivity contribution in [2.75, 3.05) is 6.61 Å². The van der Waals surface area contributed by atoms with Crippen LogP contribution in [0, 0.1) is 0 Å². The number of hydrogen-bond acceptors (Lipinski definition) is 4. The monoisotopic (exact) mass is 376 g/mol. The maximum Gasteiger partial charge on any atom is 0.289 e. The van der Waals surface area contributed by atoms with Crippen LogP contribution < -0.4 is 10.2 Å². The Bertz CT molecular complexity index is 959. The highest BCUT2D eigenvalue weighted by atomic mass is 16.5. The van der Waals surface area contributed by atoms with Crippen LogP contribution in [0.25, 0.3) is 11.3 Å². The molecule has 0 radical (unpaired) electrons. The van der Waals surface area contributed by atoms with Gasteiger partial charge in [0.2, 0.25) is 0 Å². The second-order valence-electron chi connectivity index (χ2n) is 6.62. The van der Waals surface area contributed by atoms with Crippen molar-refractivity contribution in [3.05, 3.63) is 71.4 Å². The van der Waals surface area contributed by atoms with E-state index >= 15 is 0 Å². The second kappa shape index (κ2) is 8.99. The summed E-state index contributed by atoms with van der Waals surface area (Å²) < 4.78 is 5.62. The maximum atomic E-state index is 12.3. The van der Waals surface area contributed by atoms with Crippen LogP contribution in [0.2, 0.25) is 0 Å². The summed E-state index contributed by atoms with van der Waals surface area (Å²) in [5.41, 5.74) is 6.49. The number of aromatic nitrogens is 2. The van der Waals surface area contributed by atoms with E-state index in [4.69, 9.17) is 4.74 Å². The quantitative estimate of drug-likeness (QED) is 0.475. The number of amides is 1. The first-order valence-corrected chi connectivity index (χ1v) is 9.29. The van der Waals surface area contributed by atoms with Gasteiger partial charge in [0.05, 0.1) is 18.5 Å². The van der Waals surface area contributed by atoms with Gasteiger partial charge in [-0.2, -0.15) is 10.2 Å². The highest BCUT2D eigenvalue weighted by Gasteiger charge is 2.13. The first-order chi connectivity index (χ1) is 13.6. The highest BCUT2D eigenvalue weighted by molar-refractivity contribution is 5.94. The van der Waals surface area contributed by atoms with Crippen LogP contribution in [0.1, 0.15) is 48.3 Å². The SMILES string of the molecule is CCOc1ccccc1-c1cc(C(=O)N/N=C/c2ccc(C(C)C)cc2)[nH]n1. The molecule has 1 heterocycles. The fourth-order valence-corrected chi connectivity index (χ4v) is 2.73. The van der Waals surface area contributed by atoms with Crippen molar-refractivity contribution in [2.24, 2.45) is 5.10 Å². The van der Waals surface area contributed by atoms with Gasteiger partial charge >= 0.3 is 0 Å². The minimum atomic E-state index is -0.359. The summed E-state index contributed by atoms with van der Waals surface area (Å²) in [7, 11) is 0. The predicted molar refractivity (Wildman–Crippen MR) is 111 cm³/mol. The lowest BCUT2D eigenvalue weighted by molar-refractivity contribution is 0.0950. The van der Waals surface area contributed by atoms with Crippen LogP contribution in [0.5, 0.6) is 5.75 Å². The molecule has 0 spiro atoms. The van der Waals surface area contributed by atoms with Crippen LogP contribution >= 0.6 is 0 Å². The van der Waals surface area contributed by atoms with Crippen LogP contribution in [0.15, 0.2) is 59.7 Å². The van der Waals surface area contributed by atoms with E-state index in [9.17, 15) is 4.79 Å². The van der Waals surface area contributed by atoms with E-state index in [0.717, 1.165) is 16.9 Å². The second-order valence-corrected chi connectivity index (χ2v) is 6.62. The Morgan fingerprint density at radius 2 is 1.96 bits per heavy atom. The molecule has 0 saturated carbocycles. The molecular formula is C22H24N4O2. The number of carbonyl (C=O) groups is 1. The van der Waals surface area contributed by atoms with Gasteiger partial charge in [-0.25, -0.2) is 5.43 Å². The lowest BCUT2D eigenvalue weighted by Crippen LogP contribution is -2.18. The molecule has 0 unspecified atom stereocenters. The van der Waals surface area contributed by atoms with Crippen LogP contribution in [0.3, 0.4) is 0 Å². The van der Waals surface area contributed by atoms with Crippen molar-refractivity contribution in [3.63, 3.8) is 0 Å². The Kier molecular flexibility index (Phi) is 6.22. The molecule has 0 atom stereocenters. The molecule has 28 heavy (non-hydrogen) atoms. The molecule has 0 bridgehead atoms. The van der Waals surface area contributed by atoms with Crippen molar-refractivity contribution in [1.82, 2.24) is 15.6 Å². The van der Waals surface area contributed by atoms with Crippen molar-refractivity contribution >= 4 is 12.1 Å². The van der Waals surface area contributed by atoms with Crippen molar-refractivity contribution in [2.45, 2.75) is 26.7 Å². The normalized spacial score (nSPS) is 11.1. The number of aromatic amines is 1. The summed E-state index contributed by atoms with van der Waals surface area (Å²) in [6, 6.07) is 17.3. The van der Waals surface area contributed by atoms with E-state index in [0.29, 0.717) is 23.9 Å². The van der Waals surface area contributed by atoms with Crippen LogP contribution in [-0.4, -0.2) is 28.9 Å². The number of hydrogen-bond donors (Lipinski definition) is 2. The zero-order valence-electron chi connectivity index (χ0n) is 16.3. The third-order valence-corrected chi connectivity index (χ3v) is 4.27. The van der Waals surface area contributed by atoms with Gasteiger partial charge in [0.15, 0.2) is 0 Å². The number of para-hydroxylation sites is 1. The molecule has 1 aromatic heterocycles. The number of carbonyl (C=O) groups excluding carboxylic acids is 1. The van der Waals surface area contributed by atoms with E-state index in [-0.39, 0.29) is 5.91 Å². The van der Waals surface area contributed by atoms with E-state index in [2.05, 4.69) is 46.7 Å². The van der Waals surface area contributed by atoms with Crippen molar-refractivity contribution < 1.29 is 9.53 Å². The van der Waals surface area contributed by atoms with Gasteiger partial charge in [-0.15, -0.1) is 0 Å². The molecule has 3 rings (SSSR count). The van der Waals surface area contributed by atoms with E-state index in [1.165, 1.54) is 5.56 Å². The Hall–Kier alpha value is -3.41. The number of nitrogens with zero attached hydrogens (tertiary/aromatic N) is 2. The van der Waals surface area contributed by atoms with Gasteiger partial charge in [0, 0.05) is 5.56 Å². The fraction of sp³-hybridized carbons (Fsp3) is 0.227. The first-order valence-electron chi connectivity index (χ1n) is 9.29. The van der Waals surface area contributed by atoms with Crippen LogP contribution in [0.4, 0.5) is 0 Å². The molecular weight excluding hydrogens is 352 g/mol. The Labute approximate surface area is 164 Å². The molecule has 6 nitrogen and oxygen atoms in total. The molecule has 144 valence electrons. The molecule has 0 aliphatic carbocycles. The summed E-state index contributed by atoms with van der Waals surface area (Å²) in [4.78, 5) is 12.3. The topological polar surface area (TPSA) is 79.4 Å². The molecule has 3 aromatic rings. The van der Waals surface area contributed by atoms with Gasteiger partial charge < -0.3 is 4.74 Å². The number of benzene rings is 2. The van der Waals surface area contributed by atoms with Crippen LogP contribution in [-0.2, 0) is 0 Å². The van der Waals surface area contributed by atoms with E-state index < -0.39 is 0 Å². The lowest BCUT2D eigenvalue weighted by Gasteiger charge is -2.07. The third-order valence-electron chi connectivity index (χ3n) is 4.27. The van der Waals surface area contributed by atoms with E-state index in [1.807, 2.05) is 43.3 Å². The lowest BCUT2D eigenvalue weighted by atomic mass is 10.0. The summed E-state index contributed by atoms with van der Waals surface area (Å²) in [6.45, 7) is 6.78. The molecule has 1 amide bonds. The summed E-state index contributed by atoms with van der Waals surface area (Å²) in [6.07, 6.45) is 1.61. The number of H-pyrrole nitrogens is 1. The van der Waals surface area contributed by atoms with E-state index in [1.54, 1.807) is 12.3 Å². The van der Waals surface area contributed by atoms with Gasteiger partial charge in [0.25, 0.3) is 5.91 Å². The van der Waals surface area contributed by atoms with Gasteiger partial charge in [-0.3, -0.25) is 9.89 Å². The molecule has 2 N–H and O–H groups in total. The predicted octanol–water partition coefficient (Wildman–Crippen LogP) is 4.36. The first kappa shape index (κ1) is 19.4.